The van der Waals surface area contributed by atoms with E-state index in [-0.39, 0.29) is 5.82 Å². The lowest BCUT2D eigenvalue weighted by molar-refractivity contribution is 0.593. The van der Waals surface area contributed by atoms with Crippen molar-refractivity contribution in [3.8, 4) is 0 Å². The maximum absolute atomic E-state index is 13.7. The molecule has 1 N–H and O–H groups in total. The van der Waals surface area contributed by atoms with Crippen LogP contribution in [-0.2, 0) is 6.54 Å². The number of hydrogen-bond acceptors (Lipinski definition) is 3. The molecule has 0 unspecified atom stereocenters. The zero-order chi connectivity index (χ0) is 13.0. The van der Waals surface area contributed by atoms with Crippen molar-refractivity contribution < 1.29 is 4.39 Å². The van der Waals surface area contributed by atoms with Crippen molar-refractivity contribution in [2.75, 3.05) is 7.05 Å². The summed E-state index contributed by atoms with van der Waals surface area (Å²) in [6.45, 7) is 0.472. The van der Waals surface area contributed by atoms with Gasteiger partial charge in [-0.1, -0.05) is 29.4 Å². The minimum Gasteiger partial charge on any atom is -0.316 e. The normalized spacial score (nSPS) is 10.6. The fourth-order valence-electron chi connectivity index (χ4n) is 1.53. The fraction of sp³-hybridized carbons (Fsp3) is 0.154. The standard InChI is InChI=1S/C13H12ClFN2S/c1-16-8-9-11(15)5-2-6-12(9)18-13-10(14)4-3-7-17-13/h2-7,16H,8H2,1H3. The lowest BCUT2D eigenvalue weighted by atomic mass is 10.2. The van der Waals surface area contributed by atoms with E-state index in [0.717, 1.165) is 4.90 Å². The van der Waals surface area contributed by atoms with Crippen LogP contribution in [0.15, 0.2) is 46.5 Å². The molecule has 1 heterocycles. The van der Waals surface area contributed by atoms with Crippen LogP contribution in [0.5, 0.6) is 0 Å². The predicted octanol–water partition coefficient (Wildman–Crippen LogP) is 3.74. The Morgan fingerprint density at radius 1 is 1.33 bits per heavy atom. The number of benzene rings is 1. The molecule has 0 amide bonds. The van der Waals surface area contributed by atoms with Gasteiger partial charge in [-0.05, 0) is 31.3 Å². The van der Waals surface area contributed by atoms with E-state index in [1.165, 1.54) is 17.8 Å². The first kappa shape index (κ1) is 13.3. The van der Waals surface area contributed by atoms with E-state index in [9.17, 15) is 4.39 Å². The zero-order valence-corrected chi connectivity index (χ0v) is 11.4. The molecule has 0 radical (unpaired) electrons. The summed E-state index contributed by atoms with van der Waals surface area (Å²) in [7, 11) is 1.79. The molecule has 0 saturated carbocycles. The van der Waals surface area contributed by atoms with Gasteiger partial charge in [0.05, 0.1) is 5.02 Å². The maximum Gasteiger partial charge on any atom is 0.128 e. The largest absolute Gasteiger partial charge is 0.316 e. The number of pyridine rings is 1. The van der Waals surface area contributed by atoms with Gasteiger partial charge in [-0.15, -0.1) is 0 Å². The summed E-state index contributed by atoms with van der Waals surface area (Å²) < 4.78 is 13.7. The van der Waals surface area contributed by atoms with Gasteiger partial charge >= 0.3 is 0 Å². The van der Waals surface area contributed by atoms with Gasteiger partial charge in [-0.2, -0.15) is 0 Å². The molecule has 5 heteroatoms. The first-order valence-corrected chi connectivity index (χ1v) is 6.62. The Bertz CT molecular complexity index is 548. The highest BCUT2D eigenvalue weighted by atomic mass is 35.5. The van der Waals surface area contributed by atoms with Crippen molar-refractivity contribution in [1.29, 1.82) is 0 Å². The Morgan fingerprint density at radius 2 is 2.17 bits per heavy atom. The maximum atomic E-state index is 13.7. The number of rotatable bonds is 4. The van der Waals surface area contributed by atoms with E-state index < -0.39 is 0 Å². The lowest BCUT2D eigenvalue weighted by Gasteiger charge is -2.10. The molecule has 0 spiro atoms. The van der Waals surface area contributed by atoms with Gasteiger partial charge in [-0.3, -0.25) is 0 Å². The molecule has 0 fully saturated rings. The van der Waals surface area contributed by atoms with Crippen LogP contribution < -0.4 is 5.32 Å². The Labute approximate surface area is 115 Å². The molecule has 0 aliphatic carbocycles. The minimum absolute atomic E-state index is 0.221. The summed E-state index contributed by atoms with van der Waals surface area (Å²) in [6.07, 6.45) is 1.67. The van der Waals surface area contributed by atoms with Crippen LogP contribution in [0.3, 0.4) is 0 Å². The van der Waals surface area contributed by atoms with Crippen LogP contribution in [0.4, 0.5) is 4.39 Å². The summed E-state index contributed by atoms with van der Waals surface area (Å²) in [4.78, 5) is 5.02. The van der Waals surface area contributed by atoms with E-state index >= 15 is 0 Å². The Hall–Kier alpha value is -1.10. The van der Waals surface area contributed by atoms with Crippen LogP contribution in [0.25, 0.3) is 0 Å². The van der Waals surface area contributed by atoms with E-state index in [4.69, 9.17) is 11.6 Å². The summed E-state index contributed by atoms with van der Waals surface area (Å²) in [5.74, 6) is -0.221. The summed E-state index contributed by atoms with van der Waals surface area (Å²) in [5.41, 5.74) is 0.631. The van der Waals surface area contributed by atoms with Crippen LogP contribution in [-0.4, -0.2) is 12.0 Å². The van der Waals surface area contributed by atoms with Gasteiger partial charge in [-0.25, -0.2) is 9.37 Å². The molecule has 0 bridgehead atoms. The minimum atomic E-state index is -0.221. The number of halogens is 2. The van der Waals surface area contributed by atoms with Gasteiger partial charge in [0.1, 0.15) is 10.8 Å². The molecule has 2 aromatic rings. The van der Waals surface area contributed by atoms with Crippen LogP contribution in [0, 0.1) is 5.82 Å². The van der Waals surface area contributed by atoms with E-state index in [0.29, 0.717) is 22.2 Å². The molecule has 0 aliphatic heterocycles. The van der Waals surface area contributed by atoms with E-state index in [1.807, 2.05) is 6.07 Å². The third kappa shape index (κ3) is 3.02. The van der Waals surface area contributed by atoms with Gasteiger partial charge in [0.25, 0.3) is 0 Å². The zero-order valence-electron chi connectivity index (χ0n) is 9.78. The molecule has 0 saturated heterocycles. The highest BCUT2D eigenvalue weighted by Crippen LogP contribution is 2.34. The van der Waals surface area contributed by atoms with Crippen molar-refractivity contribution in [3.05, 3.63) is 52.9 Å². The average Bonchev–Trinajstić information content (AvgIpc) is 2.36. The van der Waals surface area contributed by atoms with E-state index in [1.54, 1.807) is 31.4 Å². The van der Waals surface area contributed by atoms with Crippen LogP contribution in [0.1, 0.15) is 5.56 Å². The summed E-state index contributed by atoms with van der Waals surface area (Å²) in [6, 6.07) is 8.55. The smallest absolute Gasteiger partial charge is 0.128 e. The summed E-state index contributed by atoms with van der Waals surface area (Å²) >= 11 is 7.42. The molecular formula is C13H12ClFN2S. The van der Waals surface area contributed by atoms with Gasteiger partial charge in [0.15, 0.2) is 0 Å². The van der Waals surface area contributed by atoms with Crippen molar-refractivity contribution in [1.82, 2.24) is 10.3 Å². The first-order valence-electron chi connectivity index (χ1n) is 5.42. The number of nitrogens with zero attached hydrogens (tertiary/aromatic N) is 1. The van der Waals surface area contributed by atoms with Crippen molar-refractivity contribution in [3.63, 3.8) is 0 Å². The quantitative estimate of drug-likeness (QED) is 0.925. The molecule has 2 rings (SSSR count). The molecule has 94 valence electrons. The molecular weight excluding hydrogens is 271 g/mol. The third-order valence-electron chi connectivity index (χ3n) is 2.36. The second-order valence-corrected chi connectivity index (χ2v) is 5.08. The highest BCUT2D eigenvalue weighted by Gasteiger charge is 2.11. The van der Waals surface area contributed by atoms with Gasteiger partial charge in [0, 0.05) is 23.2 Å². The average molecular weight is 283 g/mol. The summed E-state index contributed by atoms with van der Waals surface area (Å²) in [5, 5.41) is 4.21. The van der Waals surface area contributed by atoms with Gasteiger partial charge in [0.2, 0.25) is 0 Å². The fourth-order valence-corrected chi connectivity index (χ4v) is 2.70. The highest BCUT2D eigenvalue weighted by molar-refractivity contribution is 7.99. The van der Waals surface area contributed by atoms with Crippen molar-refractivity contribution in [2.45, 2.75) is 16.5 Å². The van der Waals surface area contributed by atoms with Crippen LogP contribution in [0.2, 0.25) is 5.02 Å². The molecule has 0 atom stereocenters. The monoisotopic (exact) mass is 282 g/mol. The first-order chi connectivity index (χ1) is 8.72. The Kier molecular flexibility index (Phi) is 4.58. The SMILES string of the molecule is CNCc1c(F)cccc1Sc1ncccc1Cl. The lowest BCUT2D eigenvalue weighted by Crippen LogP contribution is -2.08. The number of aromatic nitrogens is 1. The van der Waals surface area contributed by atoms with Crippen molar-refractivity contribution in [2.24, 2.45) is 0 Å². The second-order valence-electron chi connectivity index (χ2n) is 3.64. The Morgan fingerprint density at radius 3 is 2.89 bits per heavy atom. The molecule has 1 aromatic heterocycles. The van der Waals surface area contributed by atoms with Crippen molar-refractivity contribution >= 4 is 23.4 Å². The van der Waals surface area contributed by atoms with Crippen LogP contribution >= 0.6 is 23.4 Å². The van der Waals surface area contributed by atoms with Gasteiger partial charge < -0.3 is 5.32 Å². The predicted molar refractivity (Wildman–Crippen MR) is 72.5 cm³/mol. The molecule has 2 nitrogen and oxygen atoms in total. The topological polar surface area (TPSA) is 24.9 Å². The number of nitrogens with one attached hydrogen (secondary N) is 1. The third-order valence-corrected chi connectivity index (χ3v) is 3.90. The second kappa shape index (κ2) is 6.18. The molecule has 0 aliphatic rings. The Balaban J connectivity index is 2.34. The number of hydrogen-bond donors (Lipinski definition) is 1. The molecule has 1 aromatic carbocycles. The van der Waals surface area contributed by atoms with E-state index in [2.05, 4.69) is 10.3 Å². The molecule has 18 heavy (non-hydrogen) atoms.